The molecule has 0 unspecified atom stereocenters. The first-order valence-electron chi connectivity index (χ1n) is 5.74. The van der Waals surface area contributed by atoms with Crippen LogP contribution in [0, 0.1) is 12.7 Å². The molecule has 0 spiro atoms. The lowest BCUT2D eigenvalue weighted by molar-refractivity contribution is -0.121. The van der Waals surface area contributed by atoms with Gasteiger partial charge in [-0.1, -0.05) is 6.07 Å². The first-order chi connectivity index (χ1) is 8.45. The minimum atomic E-state index is -0.567. The van der Waals surface area contributed by atoms with Gasteiger partial charge in [0.15, 0.2) is 0 Å². The van der Waals surface area contributed by atoms with E-state index in [1.165, 1.54) is 24.1 Å². The van der Waals surface area contributed by atoms with Crippen molar-refractivity contribution in [1.82, 2.24) is 10.2 Å². The number of halogens is 1. The van der Waals surface area contributed by atoms with Crippen LogP contribution in [0.4, 0.5) is 4.39 Å². The summed E-state index contributed by atoms with van der Waals surface area (Å²) in [5.41, 5.74) is 0.725. The number of hydrogen-bond acceptors (Lipinski definition) is 2. The van der Waals surface area contributed by atoms with Crippen LogP contribution in [0.2, 0.25) is 0 Å². The van der Waals surface area contributed by atoms with E-state index in [4.69, 9.17) is 0 Å². The molecule has 5 heteroatoms. The van der Waals surface area contributed by atoms with Gasteiger partial charge in [-0.3, -0.25) is 9.59 Å². The van der Waals surface area contributed by atoms with E-state index in [1.807, 2.05) is 0 Å². The standard InChI is InChI=1S/C13H17FN2O2/c1-4-15-12(17)8-16(3)13(18)10-6-5-9(2)7-11(10)14/h5-7H,4,8H2,1-3H3,(H,15,17). The Hall–Kier alpha value is -1.91. The Morgan fingerprint density at radius 3 is 2.61 bits per heavy atom. The Balaban J connectivity index is 2.77. The van der Waals surface area contributed by atoms with Crippen molar-refractivity contribution in [3.05, 3.63) is 35.1 Å². The number of aryl methyl sites for hydroxylation is 1. The molecule has 1 aromatic rings. The fourth-order valence-corrected chi connectivity index (χ4v) is 1.54. The van der Waals surface area contributed by atoms with Gasteiger partial charge < -0.3 is 10.2 Å². The number of benzene rings is 1. The van der Waals surface area contributed by atoms with Crippen molar-refractivity contribution in [2.45, 2.75) is 13.8 Å². The summed E-state index contributed by atoms with van der Waals surface area (Å²) in [6, 6.07) is 4.39. The third-order valence-corrected chi connectivity index (χ3v) is 2.46. The van der Waals surface area contributed by atoms with E-state index in [-0.39, 0.29) is 18.0 Å². The SMILES string of the molecule is CCNC(=O)CN(C)C(=O)c1ccc(C)cc1F. The Labute approximate surface area is 106 Å². The Kier molecular flexibility index (Phi) is 4.83. The highest BCUT2D eigenvalue weighted by Crippen LogP contribution is 2.11. The van der Waals surface area contributed by atoms with Crippen LogP contribution in [0.25, 0.3) is 0 Å². The molecule has 0 atom stereocenters. The lowest BCUT2D eigenvalue weighted by Gasteiger charge is -2.17. The third kappa shape index (κ3) is 3.55. The summed E-state index contributed by atoms with van der Waals surface area (Å²) in [4.78, 5) is 24.4. The Morgan fingerprint density at radius 1 is 1.39 bits per heavy atom. The largest absolute Gasteiger partial charge is 0.355 e. The molecule has 0 aliphatic carbocycles. The van der Waals surface area contributed by atoms with Gasteiger partial charge in [0.25, 0.3) is 5.91 Å². The van der Waals surface area contributed by atoms with Crippen LogP contribution in [-0.2, 0) is 4.79 Å². The van der Waals surface area contributed by atoms with Crippen molar-refractivity contribution >= 4 is 11.8 Å². The van der Waals surface area contributed by atoms with Gasteiger partial charge in [-0.15, -0.1) is 0 Å². The number of carbonyl (C=O) groups excluding carboxylic acids is 2. The third-order valence-electron chi connectivity index (χ3n) is 2.46. The molecule has 1 rings (SSSR count). The average molecular weight is 252 g/mol. The van der Waals surface area contributed by atoms with E-state index >= 15 is 0 Å². The maximum absolute atomic E-state index is 13.6. The molecule has 4 nitrogen and oxygen atoms in total. The summed E-state index contributed by atoms with van der Waals surface area (Å²) >= 11 is 0. The molecule has 0 bridgehead atoms. The number of nitrogens with zero attached hydrogens (tertiary/aromatic N) is 1. The average Bonchev–Trinajstić information content (AvgIpc) is 2.28. The summed E-state index contributed by atoms with van der Waals surface area (Å²) in [5, 5.41) is 2.58. The summed E-state index contributed by atoms with van der Waals surface area (Å²) < 4.78 is 13.6. The van der Waals surface area contributed by atoms with Crippen LogP contribution in [0.15, 0.2) is 18.2 Å². The summed E-state index contributed by atoms with van der Waals surface area (Å²) in [7, 11) is 1.47. The van der Waals surface area contributed by atoms with Crippen LogP contribution in [0.1, 0.15) is 22.8 Å². The molecule has 0 aliphatic heterocycles. The topological polar surface area (TPSA) is 49.4 Å². The lowest BCUT2D eigenvalue weighted by Crippen LogP contribution is -2.38. The molecule has 18 heavy (non-hydrogen) atoms. The number of nitrogens with one attached hydrogen (secondary N) is 1. The quantitative estimate of drug-likeness (QED) is 0.879. The van der Waals surface area contributed by atoms with Crippen molar-refractivity contribution in [2.24, 2.45) is 0 Å². The van der Waals surface area contributed by atoms with Crippen molar-refractivity contribution in [3.63, 3.8) is 0 Å². The maximum Gasteiger partial charge on any atom is 0.257 e. The molecule has 98 valence electrons. The molecule has 0 radical (unpaired) electrons. The maximum atomic E-state index is 13.6. The number of amides is 2. The molecule has 1 aromatic carbocycles. The molecule has 0 aliphatic rings. The summed E-state index contributed by atoms with van der Waals surface area (Å²) in [5.74, 6) is -1.33. The Bertz CT molecular complexity index is 460. The molecule has 0 aromatic heterocycles. The van der Waals surface area contributed by atoms with Crippen LogP contribution in [0.3, 0.4) is 0 Å². The van der Waals surface area contributed by atoms with Gasteiger partial charge in [0.2, 0.25) is 5.91 Å². The molecular formula is C13H17FN2O2. The van der Waals surface area contributed by atoms with Gasteiger partial charge in [-0.2, -0.15) is 0 Å². The smallest absolute Gasteiger partial charge is 0.257 e. The van der Waals surface area contributed by atoms with Crippen LogP contribution < -0.4 is 5.32 Å². The van der Waals surface area contributed by atoms with Crippen molar-refractivity contribution in [2.75, 3.05) is 20.1 Å². The predicted molar refractivity (Wildman–Crippen MR) is 66.8 cm³/mol. The lowest BCUT2D eigenvalue weighted by atomic mass is 10.1. The number of hydrogen-bond donors (Lipinski definition) is 1. The molecule has 0 saturated carbocycles. The van der Waals surface area contributed by atoms with Crippen LogP contribution >= 0.6 is 0 Å². The van der Waals surface area contributed by atoms with E-state index in [9.17, 15) is 14.0 Å². The van der Waals surface area contributed by atoms with Crippen LogP contribution in [0.5, 0.6) is 0 Å². The van der Waals surface area contributed by atoms with E-state index in [2.05, 4.69) is 5.32 Å². The monoisotopic (exact) mass is 252 g/mol. The molecular weight excluding hydrogens is 235 g/mol. The van der Waals surface area contributed by atoms with Crippen molar-refractivity contribution < 1.29 is 14.0 Å². The minimum Gasteiger partial charge on any atom is -0.355 e. The molecule has 0 fully saturated rings. The highest BCUT2D eigenvalue weighted by atomic mass is 19.1. The van der Waals surface area contributed by atoms with E-state index < -0.39 is 11.7 Å². The highest BCUT2D eigenvalue weighted by molar-refractivity contribution is 5.96. The van der Waals surface area contributed by atoms with E-state index in [1.54, 1.807) is 19.9 Å². The second-order valence-electron chi connectivity index (χ2n) is 4.10. The highest BCUT2D eigenvalue weighted by Gasteiger charge is 2.17. The van der Waals surface area contributed by atoms with Gasteiger partial charge >= 0.3 is 0 Å². The number of carbonyl (C=O) groups is 2. The zero-order chi connectivity index (χ0) is 13.7. The number of likely N-dealkylation sites (N-methyl/N-ethyl adjacent to an activating group) is 2. The van der Waals surface area contributed by atoms with Crippen molar-refractivity contribution in [1.29, 1.82) is 0 Å². The zero-order valence-electron chi connectivity index (χ0n) is 10.8. The second kappa shape index (κ2) is 6.14. The predicted octanol–water partition coefficient (Wildman–Crippen LogP) is 1.34. The minimum absolute atomic E-state index is 0.0209. The second-order valence-corrected chi connectivity index (χ2v) is 4.10. The van der Waals surface area contributed by atoms with Gasteiger partial charge in [0.1, 0.15) is 5.82 Å². The first-order valence-corrected chi connectivity index (χ1v) is 5.74. The van der Waals surface area contributed by atoms with Crippen LogP contribution in [-0.4, -0.2) is 36.9 Å². The Morgan fingerprint density at radius 2 is 2.06 bits per heavy atom. The number of rotatable bonds is 4. The molecule has 0 saturated heterocycles. The summed E-state index contributed by atoms with van der Waals surface area (Å²) in [6.45, 7) is 3.95. The molecule has 2 amide bonds. The van der Waals surface area contributed by atoms with Gasteiger partial charge in [-0.25, -0.2) is 4.39 Å². The summed E-state index contributed by atoms with van der Waals surface area (Å²) in [6.07, 6.45) is 0. The zero-order valence-corrected chi connectivity index (χ0v) is 10.8. The van der Waals surface area contributed by atoms with E-state index in [0.717, 1.165) is 5.56 Å². The molecule has 1 N–H and O–H groups in total. The van der Waals surface area contributed by atoms with Gasteiger partial charge in [-0.05, 0) is 31.5 Å². The first kappa shape index (κ1) is 14.2. The van der Waals surface area contributed by atoms with Gasteiger partial charge in [0, 0.05) is 13.6 Å². The normalized spacial score (nSPS) is 10.0. The fraction of sp³-hybridized carbons (Fsp3) is 0.385. The van der Waals surface area contributed by atoms with Gasteiger partial charge in [0.05, 0.1) is 12.1 Å². The van der Waals surface area contributed by atoms with Crippen molar-refractivity contribution in [3.8, 4) is 0 Å². The fourth-order valence-electron chi connectivity index (χ4n) is 1.54. The molecule has 0 heterocycles. The van der Waals surface area contributed by atoms with E-state index in [0.29, 0.717) is 6.54 Å².